The van der Waals surface area contributed by atoms with Gasteiger partial charge in [-0.15, -0.1) is 0 Å². The first kappa shape index (κ1) is 18.5. The molecule has 0 saturated heterocycles. The van der Waals surface area contributed by atoms with Gasteiger partial charge >= 0.3 is 5.97 Å². The normalized spacial score (nSPS) is 10.4. The Balaban J connectivity index is 1.56. The Bertz CT molecular complexity index is 901. The Labute approximate surface area is 159 Å². The topological polar surface area (TPSA) is 47.2 Å². The average Bonchev–Trinajstić information content (AvgIpc) is 2.72. The number of rotatable bonds is 7. The second kappa shape index (κ2) is 8.90. The number of pyridine rings is 1. The maximum Gasteiger partial charge on any atom is 0.302 e. The van der Waals surface area contributed by atoms with E-state index in [0.717, 1.165) is 18.5 Å². The third kappa shape index (κ3) is 5.35. The molecule has 0 amide bonds. The second-order valence-electron chi connectivity index (χ2n) is 6.37. The SMILES string of the molecule is CC(=O)OCc1cc[n+](CCc2ccc(C(=O)c3ccccc3)cc2)cc1. The van der Waals surface area contributed by atoms with Crippen LogP contribution in [0.2, 0.25) is 0 Å². The van der Waals surface area contributed by atoms with Gasteiger partial charge in [-0.3, -0.25) is 9.59 Å². The molecule has 1 aromatic heterocycles. The maximum atomic E-state index is 12.4. The molecule has 0 N–H and O–H groups in total. The molecule has 4 heteroatoms. The number of hydrogen-bond donors (Lipinski definition) is 0. The molecule has 0 saturated carbocycles. The van der Waals surface area contributed by atoms with E-state index >= 15 is 0 Å². The van der Waals surface area contributed by atoms with Crippen LogP contribution in [-0.2, 0) is 29.1 Å². The van der Waals surface area contributed by atoms with E-state index in [9.17, 15) is 9.59 Å². The number of aryl methyl sites for hydroxylation is 2. The van der Waals surface area contributed by atoms with Crippen molar-refractivity contribution in [3.8, 4) is 0 Å². The van der Waals surface area contributed by atoms with E-state index in [1.165, 1.54) is 12.5 Å². The zero-order valence-corrected chi connectivity index (χ0v) is 15.3. The van der Waals surface area contributed by atoms with Crippen molar-refractivity contribution in [3.63, 3.8) is 0 Å². The van der Waals surface area contributed by atoms with Crippen LogP contribution in [0.25, 0.3) is 0 Å². The van der Waals surface area contributed by atoms with Crippen LogP contribution in [0, 0.1) is 0 Å². The van der Waals surface area contributed by atoms with E-state index in [2.05, 4.69) is 4.57 Å². The highest BCUT2D eigenvalue weighted by molar-refractivity contribution is 6.08. The first-order chi connectivity index (χ1) is 13.1. The minimum absolute atomic E-state index is 0.0416. The third-order valence-corrected chi connectivity index (χ3v) is 4.31. The highest BCUT2D eigenvalue weighted by Gasteiger charge is 2.09. The van der Waals surface area contributed by atoms with Gasteiger partial charge in [0.2, 0.25) is 0 Å². The molecule has 0 fully saturated rings. The van der Waals surface area contributed by atoms with Gasteiger partial charge in [0, 0.05) is 42.2 Å². The zero-order chi connectivity index (χ0) is 19.1. The molecule has 0 aliphatic carbocycles. The fraction of sp³-hybridized carbons (Fsp3) is 0.174. The van der Waals surface area contributed by atoms with Gasteiger partial charge in [-0.2, -0.15) is 0 Å². The maximum absolute atomic E-state index is 12.4. The first-order valence-electron chi connectivity index (χ1n) is 8.92. The Hall–Kier alpha value is -3.27. The van der Waals surface area contributed by atoms with Crippen LogP contribution in [-0.4, -0.2) is 11.8 Å². The summed E-state index contributed by atoms with van der Waals surface area (Å²) in [6.45, 7) is 2.54. The van der Waals surface area contributed by atoms with Gasteiger partial charge in [0.15, 0.2) is 24.7 Å². The van der Waals surface area contributed by atoms with Gasteiger partial charge in [0.1, 0.15) is 6.61 Å². The molecule has 2 aromatic carbocycles. The number of nitrogens with zero attached hydrogens (tertiary/aromatic N) is 1. The standard InChI is InChI=1S/C23H22NO3/c1-18(25)27-17-20-12-15-24(16-13-20)14-11-19-7-9-22(10-8-19)23(26)21-5-3-2-4-6-21/h2-10,12-13,15-16H,11,14,17H2,1H3/q+1. The van der Waals surface area contributed by atoms with Gasteiger partial charge in [-0.1, -0.05) is 54.6 Å². The highest BCUT2D eigenvalue weighted by atomic mass is 16.5. The smallest absolute Gasteiger partial charge is 0.302 e. The van der Waals surface area contributed by atoms with Crippen LogP contribution in [0.3, 0.4) is 0 Å². The lowest BCUT2D eigenvalue weighted by Gasteiger charge is -2.04. The number of hydrogen-bond acceptors (Lipinski definition) is 3. The summed E-state index contributed by atoms with van der Waals surface area (Å²) in [5.74, 6) is -0.235. The molecule has 3 rings (SSSR count). The Morgan fingerprint density at radius 1 is 0.815 bits per heavy atom. The highest BCUT2D eigenvalue weighted by Crippen LogP contribution is 2.11. The molecule has 1 heterocycles. The molecule has 3 aromatic rings. The van der Waals surface area contributed by atoms with Crippen molar-refractivity contribution in [2.75, 3.05) is 0 Å². The Kier molecular flexibility index (Phi) is 6.10. The van der Waals surface area contributed by atoms with Crippen LogP contribution in [0.1, 0.15) is 34.0 Å². The number of aromatic nitrogens is 1. The summed E-state index contributed by atoms with van der Waals surface area (Å²) in [4.78, 5) is 23.3. The van der Waals surface area contributed by atoms with Gasteiger partial charge in [-0.25, -0.2) is 4.57 Å². The van der Waals surface area contributed by atoms with E-state index in [4.69, 9.17) is 4.74 Å². The van der Waals surface area contributed by atoms with Gasteiger partial charge in [0.25, 0.3) is 0 Å². The van der Waals surface area contributed by atoms with Gasteiger partial charge < -0.3 is 4.74 Å². The summed E-state index contributed by atoms with van der Waals surface area (Å²) in [6.07, 6.45) is 4.83. The van der Waals surface area contributed by atoms with Crippen LogP contribution >= 0.6 is 0 Å². The largest absolute Gasteiger partial charge is 0.461 e. The van der Waals surface area contributed by atoms with Crippen LogP contribution in [0.4, 0.5) is 0 Å². The molecular formula is C23H22NO3+. The van der Waals surface area contributed by atoms with E-state index in [0.29, 0.717) is 17.7 Å². The van der Waals surface area contributed by atoms with Crippen molar-refractivity contribution in [2.24, 2.45) is 0 Å². The van der Waals surface area contributed by atoms with Crippen molar-refractivity contribution in [2.45, 2.75) is 26.5 Å². The zero-order valence-electron chi connectivity index (χ0n) is 15.3. The predicted octanol–water partition coefficient (Wildman–Crippen LogP) is 3.51. The number of ketones is 1. The summed E-state index contributed by atoms with van der Waals surface area (Å²) in [5, 5.41) is 0. The molecule has 4 nitrogen and oxygen atoms in total. The lowest BCUT2D eigenvalue weighted by molar-refractivity contribution is -0.696. The van der Waals surface area contributed by atoms with Crippen LogP contribution in [0.5, 0.6) is 0 Å². The van der Waals surface area contributed by atoms with Crippen molar-refractivity contribution in [1.29, 1.82) is 0 Å². The predicted molar refractivity (Wildman–Crippen MR) is 102 cm³/mol. The van der Waals surface area contributed by atoms with Crippen molar-refractivity contribution in [1.82, 2.24) is 0 Å². The minimum atomic E-state index is -0.277. The number of esters is 1. The van der Waals surface area contributed by atoms with E-state index in [-0.39, 0.29) is 11.8 Å². The minimum Gasteiger partial charge on any atom is -0.461 e. The molecule has 0 bridgehead atoms. The summed E-state index contributed by atoms with van der Waals surface area (Å²) >= 11 is 0. The van der Waals surface area contributed by atoms with Crippen molar-refractivity contribution >= 4 is 11.8 Å². The summed E-state index contributed by atoms with van der Waals surface area (Å²) in [5.41, 5.74) is 3.54. The monoisotopic (exact) mass is 360 g/mol. The number of carbonyl (C=O) groups excluding carboxylic acids is 2. The summed E-state index contributed by atoms with van der Waals surface area (Å²) in [6, 6.07) is 21.0. The number of ether oxygens (including phenoxy) is 1. The lowest BCUT2D eigenvalue weighted by atomic mass is 10.0. The molecule has 0 spiro atoms. The average molecular weight is 360 g/mol. The molecule has 0 unspecified atom stereocenters. The van der Waals surface area contributed by atoms with E-state index in [1.807, 2.05) is 79.1 Å². The number of benzene rings is 2. The Morgan fingerprint density at radius 3 is 2.07 bits per heavy atom. The molecule has 27 heavy (non-hydrogen) atoms. The van der Waals surface area contributed by atoms with Gasteiger partial charge in [-0.05, 0) is 5.56 Å². The van der Waals surface area contributed by atoms with Gasteiger partial charge in [0.05, 0.1) is 0 Å². The lowest BCUT2D eigenvalue weighted by Crippen LogP contribution is -2.33. The third-order valence-electron chi connectivity index (χ3n) is 4.31. The van der Waals surface area contributed by atoms with Crippen molar-refractivity contribution in [3.05, 3.63) is 101 Å². The van der Waals surface area contributed by atoms with Crippen molar-refractivity contribution < 1.29 is 18.9 Å². The molecule has 0 atom stereocenters. The molecule has 0 aliphatic rings. The Morgan fingerprint density at radius 2 is 1.44 bits per heavy atom. The first-order valence-corrected chi connectivity index (χ1v) is 8.92. The molecule has 136 valence electrons. The molecule has 0 radical (unpaired) electrons. The number of carbonyl (C=O) groups is 2. The van der Waals surface area contributed by atoms with E-state index in [1.54, 1.807) is 0 Å². The fourth-order valence-electron chi connectivity index (χ4n) is 2.76. The second-order valence-corrected chi connectivity index (χ2v) is 6.37. The van der Waals surface area contributed by atoms with Crippen LogP contribution < -0.4 is 4.57 Å². The fourth-order valence-corrected chi connectivity index (χ4v) is 2.76. The summed E-state index contributed by atoms with van der Waals surface area (Å²) < 4.78 is 7.07. The van der Waals surface area contributed by atoms with E-state index < -0.39 is 0 Å². The summed E-state index contributed by atoms with van der Waals surface area (Å²) in [7, 11) is 0. The molecular weight excluding hydrogens is 338 g/mol. The van der Waals surface area contributed by atoms with Crippen LogP contribution in [0.15, 0.2) is 79.1 Å². The molecule has 0 aliphatic heterocycles. The quantitative estimate of drug-likeness (QED) is 0.368.